The highest BCUT2D eigenvalue weighted by Crippen LogP contribution is 2.34. The molecule has 1 aromatic heterocycles. The third-order valence-corrected chi connectivity index (χ3v) is 4.53. The van der Waals surface area contributed by atoms with Crippen LogP contribution in [0.1, 0.15) is 32.1 Å². The summed E-state index contributed by atoms with van der Waals surface area (Å²) in [5.41, 5.74) is -0.867. The first-order valence-electron chi connectivity index (χ1n) is 8.03. The highest BCUT2D eigenvalue weighted by molar-refractivity contribution is 5.79. The van der Waals surface area contributed by atoms with Gasteiger partial charge in [0.05, 0.1) is 11.7 Å². The lowest BCUT2D eigenvalue weighted by molar-refractivity contribution is -0.156. The number of amides is 1. The summed E-state index contributed by atoms with van der Waals surface area (Å²) in [5, 5.41) is 9.61. The number of piperidine rings is 1. The zero-order valence-electron chi connectivity index (χ0n) is 13.6. The summed E-state index contributed by atoms with van der Waals surface area (Å²) in [5.74, 6) is -0.793. The molecule has 1 fully saturated rings. The van der Waals surface area contributed by atoms with Crippen LogP contribution in [0.5, 0.6) is 0 Å². The second-order valence-electron chi connectivity index (χ2n) is 6.15. The lowest BCUT2D eigenvalue weighted by atomic mass is 9.77. The van der Waals surface area contributed by atoms with Crippen molar-refractivity contribution >= 4 is 11.9 Å². The summed E-state index contributed by atoms with van der Waals surface area (Å²) in [4.78, 5) is 29.8. The number of carbonyl (C=O) groups excluding carboxylic acids is 1. The van der Waals surface area contributed by atoms with Crippen molar-refractivity contribution in [1.82, 2.24) is 14.5 Å². The Hall–Kier alpha value is -1.89. The number of aryl methyl sites for hydroxylation is 1. The Morgan fingerprint density at radius 3 is 2.91 bits per heavy atom. The van der Waals surface area contributed by atoms with Crippen LogP contribution in [0.2, 0.25) is 0 Å². The van der Waals surface area contributed by atoms with Crippen LogP contribution < -0.4 is 0 Å². The molecule has 0 aromatic carbocycles. The van der Waals surface area contributed by atoms with Crippen LogP contribution in [0, 0.1) is 5.41 Å². The molecule has 0 spiro atoms. The SMILES string of the molecule is COCC[C@@]1(C(=O)O)CCCN(C(=O)CCCn2ccnc2)C1. The van der Waals surface area contributed by atoms with Gasteiger partial charge < -0.3 is 19.3 Å². The van der Waals surface area contributed by atoms with Gasteiger partial charge in [-0.15, -0.1) is 0 Å². The maximum Gasteiger partial charge on any atom is 0.311 e. The van der Waals surface area contributed by atoms with Crippen molar-refractivity contribution in [3.05, 3.63) is 18.7 Å². The molecular formula is C16H25N3O4. The number of carbonyl (C=O) groups is 2. The largest absolute Gasteiger partial charge is 0.481 e. The van der Waals surface area contributed by atoms with Crippen molar-refractivity contribution in [3.8, 4) is 0 Å². The summed E-state index contributed by atoms with van der Waals surface area (Å²) < 4.78 is 6.98. The van der Waals surface area contributed by atoms with Crippen LogP contribution >= 0.6 is 0 Å². The van der Waals surface area contributed by atoms with E-state index in [9.17, 15) is 14.7 Å². The van der Waals surface area contributed by atoms with Gasteiger partial charge in [-0.05, 0) is 25.7 Å². The first kappa shape index (κ1) is 17.5. The van der Waals surface area contributed by atoms with Gasteiger partial charge in [-0.3, -0.25) is 9.59 Å². The van der Waals surface area contributed by atoms with Crippen LogP contribution in [0.25, 0.3) is 0 Å². The van der Waals surface area contributed by atoms with Crippen molar-refractivity contribution in [3.63, 3.8) is 0 Å². The standard InChI is InChI=1S/C16H25N3O4/c1-23-11-6-16(15(21)22)5-3-9-19(12-16)14(20)4-2-8-18-10-7-17-13-18/h7,10,13H,2-6,8-9,11-12H2,1H3,(H,21,22)/t16-/m0/s1. The number of hydrogen-bond acceptors (Lipinski definition) is 4. The lowest BCUT2D eigenvalue weighted by Gasteiger charge is -2.40. The summed E-state index contributed by atoms with van der Waals surface area (Å²) in [6.45, 7) is 2.07. The molecule has 1 N–H and O–H groups in total. The molecule has 0 unspecified atom stereocenters. The Balaban J connectivity index is 1.88. The number of rotatable bonds is 8. The van der Waals surface area contributed by atoms with E-state index in [4.69, 9.17) is 4.74 Å². The average molecular weight is 323 g/mol. The van der Waals surface area contributed by atoms with E-state index in [1.165, 1.54) is 0 Å². The number of hydrogen-bond donors (Lipinski definition) is 1. The number of likely N-dealkylation sites (tertiary alicyclic amines) is 1. The molecule has 1 aliphatic rings. The minimum atomic E-state index is -0.867. The zero-order valence-corrected chi connectivity index (χ0v) is 13.6. The molecule has 7 nitrogen and oxygen atoms in total. The minimum Gasteiger partial charge on any atom is -0.481 e. The maximum atomic E-state index is 12.4. The van der Waals surface area contributed by atoms with Gasteiger partial charge in [-0.2, -0.15) is 0 Å². The van der Waals surface area contributed by atoms with E-state index >= 15 is 0 Å². The van der Waals surface area contributed by atoms with Gasteiger partial charge in [-0.25, -0.2) is 4.98 Å². The van der Waals surface area contributed by atoms with Gasteiger partial charge in [-0.1, -0.05) is 0 Å². The smallest absolute Gasteiger partial charge is 0.311 e. The van der Waals surface area contributed by atoms with Crippen molar-refractivity contribution < 1.29 is 19.4 Å². The summed E-state index contributed by atoms with van der Waals surface area (Å²) >= 11 is 0. The normalized spacial score (nSPS) is 21.3. The topological polar surface area (TPSA) is 84.7 Å². The predicted molar refractivity (Wildman–Crippen MR) is 83.8 cm³/mol. The Bertz CT molecular complexity index is 517. The molecule has 0 aliphatic carbocycles. The number of ether oxygens (including phenoxy) is 1. The Labute approximate surface area is 136 Å². The summed E-state index contributed by atoms with van der Waals surface area (Å²) in [6, 6.07) is 0. The fourth-order valence-electron chi connectivity index (χ4n) is 3.12. The van der Waals surface area contributed by atoms with Crippen LogP contribution in [0.15, 0.2) is 18.7 Å². The van der Waals surface area contributed by atoms with Crippen molar-refractivity contribution in [2.45, 2.75) is 38.6 Å². The molecule has 2 heterocycles. The number of carboxylic acids is 1. The molecular weight excluding hydrogens is 298 g/mol. The number of carboxylic acid groups (broad SMARTS) is 1. The molecule has 1 aliphatic heterocycles. The van der Waals surface area contributed by atoms with Gasteiger partial charge in [0.1, 0.15) is 0 Å². The Morgan fingerprint density at radius 2 is 2.26 bits per heavy atom. The van der Waals surface area contributed by atoms with E-state index in [1.54, 1.807) is 24.5 Å². The molecule has 128 valence electrons. The summed E-state index contributed by atoms with van der Waals surface area (Å²) in [7, 11) is 1.57. The number of imidazole rings is 1. The molecule has 2 rings (SSSR count). The highest BCUT2D eigenvalue weighted by Gasteiger charge is 2.43. The average Bonchev–Trinajstić information content (AvgIpc) is 3.06. The second kappa shape index (κ2) is 8.10. The molecule has 1 atom stereocenters. The predicted octanol–water partition coefficient (Wildman–Crippen LogP) is 1.39. The van der Waals surface area contributed by atoms with E-state index in [1.807, 2.05) is 10.8 Å². The number of aliphatic carboxylic acids is 1. The fraction of sp³-hybridized carbons (Fsp3) is 0.688. The molecule has 1 amide bonds. The fourth-order valence-corrected chi connectivity index (χ4v) is 3.12. The van der Waals surface area contributed by atoms with E-state index in [0.717, 1.165) is 19.4 Å². The first-order chi connectivity index (χ1) is 11.1. The van der Waals surface area contributed by atoms with E-state index in [0.29, 0.717) is 32.4 Å². The van der Waals surface area contributed by atoms with Crippen molar-refractivity contribution in [1.29, 1.82) is 0 Å². The molecule has 0 saturated carbocycles. The Morgan fingerprint density at radius 1 is 1.43 bits per heavy atom. The summed E-state index contributed by atoms with van der Waals surface area (Å²) in [6.07, 6.45) is 8.23. The third-order valence-electron chi connectivity index (χ3n) is 4.53. The molecule has 0 radical (unpaired) electrons. The van der Waals surface area contributed by atoms with Gasteiger partial charge in [0.25, 0.3) is 0 Å². The molecule has 1 aromatic rings. The van der Waals surface area contributed by atoms with Crippen LogP contribution in [0.3, 0.4) is 0 Å². The van der Waals surface area contributed by atoms with E-state index in [-0.39, 0.29) is 12.5 Å². The molecule has 0 bridgehead atoms. The lowest BCUT2D eigenvalue weighted by Crippen LogP contribution is -2.50. The van der Waals surface area contributed by atoms with E-state index < -0.39 is 11.4 Å². The molecule has 7 heteroatoms. The van der Waals surface area contributed by atoms with Gasteiger partial charge in [0.15, 0.2) is 0 Å². The third kappa shape index (κ3) is 4.54. The van der Waals surface area contributed by atoms with Gasteiger partial charge >= 0.3 is 5.97 Å². The van der Waals surface area contributed by atoms with Gasteiger partial charge in [0.2, 0.25) is 5.91 Å². The van der Waals surface area contributed by atoms with E-state index in [2.05, 4.69) is 4.98 Å². The number of nitrogens with zero attached hydrogens (tertiary/aromatic N) is 3. The number of methoxy groups -OCH3 is 1. The number of aromatic nitrogens is 2. The maximum absolute atomic E-state index is 12.4. The first-order valence-corrected chi connectivity index (χ1v) is 8.03. The monoisotopic (exact) mass is 323 g/mol. The minimum absolute atomic E-state index is 0.0351. The van der Waals surface area contributed by atoms with Crippen molar-refractivity contribution in [2.75, 3.05) is 26.8 Å². The van der Waals surface area contributed by atoms with Crippen LogP contribution in [-0.2, 0) is 20.9 Å². The zero-order chi connectivity index (χ0) is 16.7. The second-order valence-corrected chi connectivity index (χ2v) is 6.15. The quantitative estimate of drug-likeness (QED) is 0.781. The Kier molecular flexibility index (Phi) is 6.15. The highest BCUT2D eigenvalue weighted by atomic mass is 16.5. The van der Waals surface area contributed by atoms with Crippen LogP contribution in [0.4, 0.5) is 0 Å². The molecule has 23 heavy (non-hydrogen) atoms. The molecule has 1 saturated heterocycles. The van der Waals surface area contributed by atoms with Crippen molar-refractivity contribution in [2.24, 2.45) is 5.41 Å². The van der Waals surface area contributed by atoms with Crippen LogP contribution in [-0.4, -0.2) is 58.2 Å². The van der Waals surface area contributed by atoms with Gasteiger partial charge in [0, 0.05) is 52.2 Å².